The Morgan fingerprint density at radius 1 is 0.933 bits per heavy atom. The molecule has 2 aromatic carbocycles. The van der Waals surface area contributed by atoms with Gasteiger partial charge in [0, 0.05) is 5.56 Å². The third kappa shape index (κ3) is 2.35. The van der Waals surface area contributed by atoms with E-state index in [0.717, 1.165) is 16.3 Å². The van der Waals surface area contributed by atoms with Gasteiger partial charge in [-0.2, -0.15) is 0 Å². The van der Waals surface area contributed by atoms with Crippen LogP contribution in [0.2, 0.25) is 0 Å². The van der Waals surface area contributed by atoms with Crippen LogP contribution in [0.3, 0.4) is 0 Å². The van der Waals surface area contributed by atoms with Gasteiger partial charge in [-0.3, -0.25) is 0 Å². The highest BCUT2D eigenvalue weighted by molar-refractivity contribution is 5.83. The fourth-order valence-corrected chi connectivity index (χ4v) is 1.41. The molecule has 0 amide bonds. The molecule has 0 heterocycles. The molecule has 0 bridgehead atoms. The van der Waals surface area contributed by atoms with Crippen molar-refractivity contribution < 1.29 is 10.2 Å². The molecule has 0 saturated heterocycles. The second-order valence-electron chi connectivity index (χ2n) is 3.20. The Balaban J connectivity index is 2.44. The van der Waals surface area contributed by atoms with Crippen molar-refractivity contribution in [3.8, 4) is 11.8 Å². The summed E-state index contributed by atoms with van der Waals surface area (Å²) in [7, 11) is 0. The average Bonchev–Trinajstić information content (AvgIpc) is 2.26. The molecule has 2 rings (SSSR count). The Morgan fingerprint density at radius 2 is 1.67 bits per heavy atom. The van der Waals surface area contributed by atoms with Crippen molar-refractivity contribution >= 4 is 10.8 Å². The van der Waals surface area contributed by atoms with E-state index in [4.69, 9.17) is 10.2 Å². The molecule has 0 aromatic heterocycles. The van der Waals surface area contributed by atoms with E-state index >= 15 is 0 Å². The normalized spacial score (nSPS) is 10.1. The summed E-state index contributed by atoms with van der Waals surface area (Å²) in [5.74, 6) is 4.97. The van der Waals surface area contributed by atoms with E-state index in [-0.39, 0.29) is 0 Å². The minimum absolute atomic E-state index is 0.779. The van der Waals surface area contributed by atoms with Crippen LogP contribution in [-0.2, 0) is 0 Å². The molecule has 0 radical (unpaired) electrons. The molecule has 2 aromatic rings. The number of fused-ring (bicyclic) bond motifs is 1. The first-order chi connectivity index (χ1) is 7.25. The standard InChI is InChI=1S/C13H10O2/c14-13(15)8-6-10-5-7-11-3-1-2-4-12(11)9-10/h1-5,7,9,13-15H. The van der Waals surface area contributed by atoms with Gasteiger partial charge in [0.15, 0.2) is 0 Å². The Labute approximate surface area is 87.8 Å². The molecule has 2 N–H and O–H groups in total. The fraction of sp³-hybridized carbons (Fsp3) is 0.0769. The molecule has 0 aliphatic carbocycles. The lowest BCUT2D eigenvalue weighted by atomic mass is 10.1. The van der Waals surface area contributed by atoms with Crippen LogP contribution in [0.15, 0.2) is 42.5 Å². The van der Waals surface area contributed by atoms with Crippen molar-refractivity contribution in [2.75, 3.05) is 0 Å². The summed E-state index contributed by atoms with van der Waals surface area (Å²) in [6, 6.07) is 13.7. The number of rotatable bonds is 0. The van der Waals surface area contributed by atoms with Crippen molar-refractivity contribution in [3.63, 3.8) is 0 Å². The summed E-state index contributed by atoms with van der Waals surface area (Å²) in [6.45, 7) is 0. The van der Waals surface area contributed by atoms with E-state index in [1.54, 1.807) is 0 Å². The van der Waals surface area contributed by atoms with Crippen LogP contribution in [0.5, 0.6) is 0 Å². The van der Waals surface area contributed by atoms with E-state index in [2.05, 4.69) is 11.8 Å². The second-order valence-corrected chi connectivity index (χ2v) is 3.20. The number of hydrogen-bond acceptors (Lipinski definition) is 2. The zero-order chi connectivity index (χ0) is 10.7. The van der Waals surface area contributed by atoms with Crippen molar-refractivity contribution in [2.24, 2.45) is 0 Å². The van der Waals surface area contributed by atoms with Crippen LogP contribution < -0.4 is 0 Å². The lowest BCUT2D eigenvalue weighted by molar-refractivity contribution is 0.0108. The predicted molar refractivity (Wildman–Crippen MR) is 59.1 cm³/mol. The molecule has 0 saturated carbocycles. The lowest BCUT2D eigenvalue weighted by Crippen LogP contribution is -1.98. The van der Waals surface area contributed by atoms with Gasteiger partial charge in [-0.25, -0.2) is 0 Å². The Bertz CT molecular complexity index is 533. The highest BCUT2D eigenvalue weighted by Gasteiger charge is 1.93. The molecular weight excluding hydrogens is 188 g/mol. The number of aliphatic hydroxyl groups is 2. The monoisotopic (exact) mass is 198 g/mol. The number of benzene rings is 2. The van der Waals surface area contributed by atoms with Crippen LogP contribution in [0.4, 0.5) is 0 Å². The quantitative estimate of drug-likeness (QED) is 0.497. The van der Waals surface area contributed by atoms with Crippen LogP contribution in [0, 0.1) is 11.8 Å². The van der Waals surface area contributed by atoms with Crippen molar-refractivity contribution in [2.45, 2.75) is 6.29 Å². The van der Waals surface area contributed by atoms with Gasteiger partial charge in [0.1, 0.15) is 0 Å². The van der Waals surface area contributed by atoms with Gasteiger partial charge < -0.3 is 10.2 Å². The third-order valence-electron chi connectivity index (χ3n) is 2.10. The minimum Gasteiger partial charge on any atom is -0.358 e. The van der Waals surface area contributed by atoms with E-state index in [9.17, 15) is 0 Å². The maximum Gasteiger partial charge on any atom is 0.217 e. The van der Waals surface area contributed by atoms with Crippen molar-refractivity contribution in [3.05, 3.63) is 48.0 Å². The van der Waals surface area contributed by atoms with Gasteiger partial charge in [-0.15, -0.1) is 0 Å². The van der Waals surface area contributed by atoms with Gasteiger partial charge in [-0.1, -0.05) is 36.3 Å². The van der Waals surface area contributed by atoms with Crippen LogP contribution >= 0.6 is 0 Å². The maximum atomic E-state index is 8.61. The highest BCUT2D eigenvalue weighted by atomic mass is 16.5. The van der Waals surface area contributed by atoms with Gasteiger partial charge in [0.2, 0.25) is 6.29 Å². The lowest BCUT2D eigenvalue weighted by Gasteiger charge is -1.97. The van der Waals surface area contributed by atoms with Crippen LogP contribution in [0.1, 0.15) is 5.56 Å². The summed E-state index contributed by atoms with van der Waals surface area (Å²) in [4.78, 5) is 0. The fourth-order valence-electron chi connectivity index (χ4n) is 1.41. The molecule has 2 nitrogen and oxygen atoms in total. The summed E-state index contributed by atoms with van der Waals surface area (Å²) in [6.07, 6.45) is -1.57. The van der Waals surface area contributed by atoms with Gasteiger partial charge in [0.25, 0.3) is 0 Å². The second kappa shape index (κ2) is 4.14. The van der Waals surface area contributed by atoms with Crippen LogP contribution in [-0.4, -0.2) is 16.5 Å². The number of aliphatic hydroxyl groups excluding tert-OH is 1. The summed E-state index contributed by atoms with van der Waals surface area (Å²) in [5, 5.41) is 19.5. The Hall–Kier alpha value is -1.82. The minimum atomic E-state index is -1.57. The maximum absolute atomic E-state index is 8.61. The number of hydrogen-bond donors (Lipinski definition) is 2. The first-order valence-corrected chi connectivity index (χ1v) is 4.62. The smallest absolute Gasteiger partial charge is 0.217 e. The molecule has 74 valence electrons. The van der Waals surface area contributed by atoms with E-state index < -0.39 is 6.29 Å². The first kappa shape index (κ1) is 9.72. The van der Waals surface area contributed by atoms with Gasteiger partial charge in [0.05, 0.1) is 0 Å². The molecule has 0 spiro atoms. The summed E-state index contributed by atoms with van der Waals surface area (Å²) >= 11 is 0. The molecule has 0 aliphatic heterocycles. The molecule has 15 heavy (non-hydrogen) atoms. The van der Waals surface area contributed by atoms with Gasteiger partial charge >= 0.3 is 0 Å². The largest absolute Gasteiger partial charge is 0.358 e. The van der Waals surface area contributed by atoms with Gasteiger partial charge in [-0.05, 0) is 28.8 Å². The van der Waals surface area contributed by atoms with E-state index in [0.29, 0.717) is 0 Å². The molecule has 0 atom stereocenters. The SMILES string of the molecule is OC(O)C#Cc1ccc2ccccc2c1. The van der Waals surface area contributed by atoms with E-state index in [1.165, 1.54) is 0 Å². The van der Waals surface area contributed by atoms with Crippen LogP contribution in [0.25, 0.3) is 10.8 Å². The zero-order valence-electron chi connectivity index (χ0n) is 8.01. The van der Waals surface area contributed by atoms with E-state index in [1.807, 2.05) is 42.5 Å². The molecule has 0 aliphatic rings. The Morgan fingerprint density at radius 3 is 2.40 bits per heavy atom. The summed E-state index contributed by atoms with van der Waals surface area (Å²) in [5.41, 5.74) is 0.779. The molecular formula is C13H10O2. The predicted octanol–water partition coefficient (Wildman–Crippen LogP) is 1.50. The molecule has 0 unspecified atom stereocenters. The van der Waals surface area contributed by atoms with Crippen molar-refractivity contribution in [1.29, 1.82) is 0 Å². The summed E-state index contributed by atoms with van der Waals surface area (Å²) < 4.78 is 0. The zero-order valence-corrected chi connectivity index (χ0v) is 8.01. The highest BCUT2D eigenvalue weighted by Crippen LogP contribution is 2.14. The Kier molecular flexibility index (Phi) is 2.68. The molecule has 2 heteroatoms. The third-order valence-corrected chi connectivity index (χ3v) is 2.10. The first-order valence-electron chi connectivity index (χ1n) is 4.62. The topological polar surface area (TPSA) is 40.5 Å². The average molecular weight is 198 g/mol. The van der Waals surface area contributed by atoms with Crippen molar-refractivity contribution in [1.82, 2.24) is 0 Å². The molecule has 0 fully saturated rings.